The Hall–Kier alpha value is -1.13. The molecule has 0 radical (unpaired) electrons. The molecule has 1 aliphatic heterocycles. The summed E-state index contributed by atoms with van der Waals surface area (Å²) in [6, 6.07) is 10.4. The van der Waals surface area contributed by atoms with Crippen LogP contribution in [0.25, 0.3) is 0 Å². The topological polar surface area (TPSA) is 35.5 Å². The first-order chi connectivity index (χ1) is 12.2. The van der Waals surface area contributed by atoms with E-state index in [0.717, 1.165) is 12.8 Å². The molecule has 1 aliphatic rings. The number of carbonyl (C=O) groups excluding carboxylic acids is 1. The van der Waals surface area contributed by atoms with E-state index in [-0.39, 0.29) is 24.1 Å². The molecule has 146 valence electrons. The third-order valence-corrected chi connectivity index (χ3v) is 12.2. The molecule has 0 aliphatic carbocycles. The van der Waals surface area contributed by atoms with Crippen LogP contribution in [0.15, 0.2) is 30.3 Å². The maximum absolute atomic E-state index is 12.5. The maximum Gasteiger partial charge on any atom is 0.312 e. The fourth-order valence-electron chi connectivity index (χ4n) is 4.87. The Morgan fingerprint density at radius 3 is 2.04 bits per heavy atom. The number of hydrogen-bond acceptors (Lipinski definition) is 3. The number of aryl methyl sites for hydroxylation is 1. The lowest BCUT2D eigenvalue weighted by molar-refractivity contribution is -0.143. The minimum atomic E-state index is -2.05. The van der Waals surface area contributed by atoms with Crippen molar-refractivity contribution in [1.82, 2.24) is 0 Å². The molecule has 0 N–H and O–H groups in total. The highest BCUT2D eigenvalue weighted by atomic mass is 28.4. The van der Waals surface area contributed by atoms with E-state index in [9.17, 15) is 4.79 Å². The van der Waals surface area contributed by atoms with Crippen LogP contribution in [-0.2, 0) is 20.4 Å². The first kappa shape index (κ1) is 21.2. The molecule has 1 heterocycles. The normalized spacial score (nSPS) is 23.9. The molecule has 1 saturated heterocycles. The largest absolute Gasteiger partial charge is 0.460 e. The van der Waals surface area contributed by atoms with Gasteiger partial charge in [-0.2, -0.15) is 0 Å². The highest BCUT2D eigenvalue weighted by Gasteiger charge is 2.52. The lowest BCUT2D eigenvalue weighted by Crippen LogP contribution is -2.52. The van der Waals surface area contributed by atoms with Crippen molar-refractivity contribution >= 4 is 14.3 Å². The third kappa shape index (κ3) is 4.23. The average molecular weight is 377 g/mol. The second kappa shape index (κ2) is 8.70. The van der Waals surface area contributed by atoms with Crippen LogP contribution in [0.2, 0.25) is 16.6 Å². The molecule has 3 atom stereocenters. The molecule has 1 aromatic rings. The Morgan fingerprint density at radius 1 is 1.00 bits per heavy atom. The van der Waals surface area contributed by atoms with Gasteiger partial charge >= 0.3 is 5.97 Å². The van der Waals surface area contributed by atoms with Gasteiger partial charge in [-0.3, -0.25) is 4.79 Å². The second-order valence-electron chi connectivity index (χ2n) is 8.67. The summed E-state index contributed by atoms with van der Waals surface area (Å²) in [5.74, 6) is -0.245. The molecule has 1 aromatic carbocycles. The van der Waals surface area contributed by atoms with E-state index in [1.54, 1.807) is 0 Å². The summed E-state index contributed by atoms with van der Waals surface area (Å²) < 4.78 is 12.6. The summed E-state index contributed by atoms with van der Waals surface area (Å²) >= 11 is 0. The zero-order valence-electron chi connectivity index (χ0n) is 17.5. The molecule has 4 heteroatoms. The molecule has 0 saturated carbocycles. The van der Waals surface area contributed by atoms with Crippen LogP contribution in [0.1, 0.15) is 60.5 Å². The van der Waals surface area contributed by atoms with E-state index in [2.05, 4.69) is 53.7 Å². The average Bonchev–Trinajstić information content (AvgIpc) is 2.83. The Balaban J connectivity index is 2.21. The second-order valence-corrected chi connectivity index (χ2v) is 14.1. The van der Waals surface area contributed by atoms with Gasteiger partial charge in [0.25, 0.3) is 0 Å². The molecule has 3 unspecified atom stereocenters. The molecule has 0 amide bonds. The number of benzene rings is 1. The zero-order valence-corrected chi connectivity index (χ0v) is 18.5. The van der Waals surface area contributed by atoms with Gasteiger partial charge in [0.05, 0.1) is 12.0 Å². The smallest absolute Gasteiger partial charge is 0.312 e. The van der Waals surface area contributed by atoms with Crippen molar-refractivity contribution < 1.29 is 14.0 Å². The van der Waals surface area contributed by atoms with Crippen LogP contribution < -0.4 is 0 Å². The SMILES string of the molecule is CC1OC(=O)C(CCc2ccccc2)C1O[Si](C(C)C)(C(C)C)C(C)C. The molecular weight excluding hydrogens is 340 g/mol. The summed E-state index contributed by atoms with van der Waals surface area (Å²) in [6.45, 7) is 15.7. The lowest BCUT2D eigenvalue weighted by atomic mass is 9.94. The Morgan fingerprint density at radius 2 is 1.54 bits per heavy atom. The number of ether oxygens (including phenoxy) is 1. The van der Waals surface area contributed by atoms with Crippen LogP contribution in [0.3, 0.4) is 0 Å². The Kier molecular flexibility index (Phi) is 7.09. The van der Waals surface area contributed by atoms with Gasteiger partial charge < -0.3 is 9.16 Å². The van der Waals surface area contributed by atoms with Gasteiger partial charge in [0.15, 0.2) is 0 Å². The maximum atomic E-state index is 12.5. The first-order valence-corrected chi connectivity index (χ1v) is 12.3. The van der Waals surface area contributed by atoms with Crippen molar-refractivity contribution in [2.24, 2.45) is 5.92 Å². The minimum Gasteiger partial charge on any atom is -0.460 e. The number of cyclic esters (lactones) is 1. The van der Waals surface area contributed by atoms with Crippen LogP contribution >= 0.6 is 0 Å². The van der Waals surface area contributed by atoms with E-state index >= 15 is 0 Å². The number of hydrogen-bond donors (Lipinski definition) is 0. The predicted octanol–water partition coefficient (Wildman–Crippen LogP) is 5.74. The molecule has 1 fully saturated rings. The fourth-order valence-corrected chi connectivity index (χ4v) is 10.5. The molecule has 26 heavy (non-hydrogen) atoms. The summed E-state index contributed by atoms with van der Waals surface area (Å²) in [7, 11) is -2.05. The highest BCUT2D eigenvalue weighted by molar-refractivity contribution is 6.77. The highest BCUT2D eigenvalue weighted by Crippen LogP contribution is 2.45. The monoisotopic (exact) mass is 376 g/mol. The quantitative estimate of drug-likeness (QED) is 0.428. The fraction of sp³-hybridized carbons (Fsp3) is 0.682. The van der Waals surface area contributed by atoms with Crippen molar-refractivity contribution in [2.75, 3.05) is 0 Å². The van der Waals surface area contributed by atoms with E-state index in [0.29, 0.717) is 16.6 Å². The Bertz CT molecular complexity index is 561. The van der Waals surface area contributed by atoms with Gasteiger partial charge in [-0.15, -0.1) is 0 Å². The summed E-state index contributed by atoms with van der Waals surface area (Å²) in [5.41, 5.74) is 2.76. The summed E-state index contributed by atoms with van der Waals surface area (Å²) in [4.78, 5) is 12.5. The van der Waals surface area contributed by atoms with E-state index < -0.39 is 8.32 Å². The lowest BCUT2D eigenvalue weighted by Gasteiger charge is -2.45. The molecule has 0 bridgehead atoms. The van der Waals surface area contributed by atoms with Gasteiger partial charge in [0, 0.05) is 0 Å². The zero-order chi connectivity index (χ0) is 19.5. The molecule has 0 spiro atoms. The van der Waals surface area contributed by atoms with Crippen molar-refractivity contribution in [3.05, 3.63) is 35.9 Å². The van der Waals surface area contributed by atoms with Crippen molar-refractivity contribution in [3.63, 3.8) is 0 Å². The van der Waals surface area contributed by atoms with Crippen molar-refractivity contribution in [1.29, 1.82) is 0 Å². The van der Waals surface area contributed by atoms with Crippen molar-refractivity contribution in [3.8, 4) is 0 Å². The molecule has 0 aromatic heterocycles. The van der Waals surface area contributed by atoms with E-state index in [1.165, 1.54) is 5.56 Å². The minimum absolute atomic E-state index is 0.0856. The standard InChI is InChI=1S/C22H36O3Si/c1-15(2)26(16(3)4,17(5)6)25-21-18(7)24-22(23)20(21)14-13-19-11-9-8-10-12-19/h8-12,15-18,20-21H,13-14H2,1-7H3. The van der Waals surface area contributed by atoms with Gasteiger partial charge in [0.2, 0.25) is 8.32 Å². The molecular formula is C22H36O3Si. The van der Waals surface area contributed by atoms with Crippen LogP contribution in [0.4, 0.5) is 0 Å². The molecule has 2 rings (SSSR count). The van der Waals surface area contributed by atoms with E-state index in [4.69, 9.17) is 9.16 Å². The van der Waals surface area contributed by atoms with Crippen LogP contribution in [-0.4, -0.2) is 26.5 Å². The number of esters is 1. The van der Waals surface area contributed by atoms with Crippen LogP contribution in [0.5, 0.6) is 0 Å². The summed E-state index contributed by atoms with van der Waals surface area (Å²) in [6.07, 6.45) is 1.39. The number of carbonyl (C=O) groups is 1. The first-order valence-electron chi connectivity index (χ1n) is 10.1. The van der Waals surface area contributed by atoms with Gasteiger partial charge in [-0.25, -0.2) is 0 Å². The van der Waals surface area contributed by atoms with Gasteiger partial charge in [-0.1, -0.05) is 71.9 Å². The molecule has 3 nitrogen and oxygen atoms in total. The van der Waals surface area contributed by atoms with E-state index in [1.807, 2.05) is 25.1 Å². The predicted molar refractivity (Wildman–Crippen MR) is 110 cm³/mol. The van der Waals surface area contributed by atoms with Gasteiger partial charge in [-0.05, 0) is 42.0 Å². The van der Waals surface area contributed by atoms with Gasteiger partial charge in [0.1, 0.15) is 6.10 Å². The van der Waals surface area contributed by atoms with Crippen LogP contribution in [0, 0.1) is 5.92 Å². The Labute approximate surface area is 160 Å². The summed E-state index contributed by atoms with van der Waals surface area (Å²) in [5, 5.41) is 0. The number of rotatable bonds is 8. The third-order valence-electron chi connectivity index (χ3n) is 6.10. The van der Waals surface area contributed by atoms with Crippen molar-refractivity contribution in [2.45, 2.75) is 90.1 Å².